The van der Waals surface area contributed by atoms with Crippen LogP contribution in [-0.2, 0) is 9.59 Å². The number of para-hydroxylation sites is 1. The number of rotatable bonds is 6. The van der Waals surface area contributed by atoms with Crippen LogP contribution in [0.4, 0.5) is 10.5 Å². The van der Waals surface area contributed by atoms with Crippen LogP contribution in [0.15, 0.2) is 59.5 Å². The lowest BCUT2D eigenvalue weighted by Gasteiger charge is -2.12. The first-order chi connectivity index (χ1) is 13.4. The van der Waals surface area contributed by atoms with E-state index in [0.717, 1.165) is 28.0 Å². The third kappa shape index (κ3) is 5.01. The normalized spacial score (nSPS) is 15.4. The van der Waals surface area contributed by atoms with Gasteiger partial charge in [-0.05, 0) is 61.5 Å². The molecule has 6 nitrogen and oxygen atoms in total. The van der Waals surface area contributed by atoms with Gasteiger partial charge in [0.25, 0.3) is 11.1 Å². The Labute approximate surface area is 167 Å². The summed E-state index contributed by atoms with van der Waals surface area (Å²) in [4.78, 5) is 38.1. The molecule has 1 aliphatic heterocycles. The summed E-state index contributed by atoms with van der Waals surface area (Å²) in [6.45, 7) is 3.56. The number of benzene rings is 2. The first-order valence-corrected chi connectivity index (χ1v) is 9.61. The lowest BCUT2D eigenvalue weighted by atomic mass is 10.2. The van der Waals surface area contributed by atoms with Gasteiger partial charge < -0.3 is 10.1 Å². The zero-order chi connectivity index (χ0) is 20.1. The quantitative estimate of drug-likeness (QED) is 0.743. The molecule has 0 bridgehead atoms. The molecular formula is C21H20N2O4S. The molecule has 7 heteroatoms. The molecule has 1 saturated heterocycles. The Balaban J connectivity index is 1.65. The number of ether oxygens (including phenoxy) is 1. The van der Waals surface area contributed by atoms with Crippen molar-refractivity contribution in [1.82, 2.24) is 4.90 Å². The molecule has 1 heterocycles. The molecule has 144 valence electrons. The second kappa shape index (κ2) is 8.75. The lowest BCUT2D eigenvalue weighted by Crippen LogP contribution is -2.36. The van der Waals surface area contributed by atoms with Crippen LogP contribution in [0.2, 0.25) is 0 Å². The number of imide groups is 1. The summed E-state index contributed by atoms with van der Waals surface area (Å²) in [5.74, 6) is -0.163. The fraction of sp³-hybridized carbons (Fsp3) is 0.190. The van der Waals surface area contributed by atoms with Crippen LogP contribution in [0, 0.1) is 0 Å². The molecule has 1 N–H and O–H groups in total. The summed E-state index contributed by atoms with van der Waals surface area (Å²) in [6, 6.07) is 16.1. The second-order valence-electron chi connectivity index (χ2n) is 6.42. The monoisotopic (exact) mass is 396 g/mol. The van der Waals surface area contributed by atoms with Gasteiger partial charge in [0.05, 0.1) is 11.0 Å². The van der Waals surface area contributed by atoms with E-state index in [1.54, 1.807) is 30.3 Å². The van der Waals surface area contributed by atoms with Crippen LogP contribution in [-0.4, -0.2) is 34.6 Å². The minimum Gasteiger partial charge on any atom is -0.491 e. The van der Waals surface area contributed by atoms with Gasteiger partial charge in [-0.25, -0.2) is 0 Å². The predicted molar refractivity (Wildman–Crippen MR) is 110 cm³/mol. The van der Waals surface area contributed by atoms with E-state index < -0.39 is 17.1 Å². The number of hydrogen-bond donors (Lipinski definition) is 1. The van der Waals surface area contributed by atoms with E-state index >= 15 is 0 Å². The van der Waals surface area contributed by atoms with Gasteiger partial charge in [-0.2, -0.15) is 0 Å². The van der Waals surface area contributed by atoms with E-state index in [2.05, 4.69) is 5.32 Å². The second-order valence-corrected chi connectivity index (χ2v) is 7.41. The topological polar surface area (TPSA) is 75.7 Å². The Morgan fingerprint density at radius 3 is 2.43 bits per heavy atom. The Morgan fingerprint density at radius 2 is 1.79 bits per heavy atom. The fourth-order valence-corrected chi connectivity index (χ4v) is 3.41. The molecular weight excluding hydrogens is 376 g/mol. The number of amides is 3. The largest absolute Gasteiger partial charge is 0.491 e. The molecule has 1 aliphatic rings. The number of carbonyl (C=O) groups is 3. The van der Waals surface area contributed by atoms with Gasteiger partial charge in [-0.1, -0.05) is 30.3 Å². The summed E-state index contributed by atoms with van der Waals surface area (Å²) in [7, 11) is 0. The predicted octanol–water partition coefficient (Wildman–Crippen LogP) is 4.15. The van der Waals surface area contributed by atoms with Crippen LogP contribution >= 0.6 is 11.8 Å². The van der Waals surface area contributed by atoms with Gasteiger partial charge >= 0.3 is 0 Å². The van der Waals surface area contributed by atoms with E-state index in [-0.39, 0.29) is 17.6 Å². The highest BCUT2D eigenvalue weighted by molar-refractivity contribution is 8.18. The van der Waals surface area contributed by atoms with Crippen LogP contribution in [0.5, 0.6) is 5.75 Å². The van der Waals surface area contributed by atoms with Crippen molar-refractivity contribution in [1.29, 1.82) is 0 Å². The van der Waals surface area contributed by atoms with Crippen LogP contribution < -0.4 is 10.1 Å². The van der Waals surface area contributed by atoms with Gasteiger partial charge in [0.2, 0.25) is 5.91 Å². The molecule has 0 radical (unpaired) electrons. The molecule has 0 saturated carbocycles. The molecule has 0 spiro atoms. The number of carbonyl (C=O) groups excluding carboxylic acids is 3. The van der Waals surface area contributed by atoms with E-state index in [1.807, 2.05) is 44.2 Å². The fourth-order valence-electron chi connectivity index (χ4n) is 2.57. The van der Waals surface area contributed by atoms with Gasteiger partial charge in [-0.3, -0.25) is 19.3 Å². The van der Waals surface area contributed by atoms with Gasteiger partial charge in [-0.15, -0.1) is 0 Å². The average molecular weight is 396 g/mol. The van der Waals surface area contributed by atoms with Gasteiger partial charge in [0, 0.05) is 5.69 Å². The molecule has 3 rings (SSSR count). The van der Waals surface area contributed by atoms with Gasteiger partial charge in [0.15, 0.2) is 0 Å². The Bertz CT molecular complexity index is 908. The summed E-state index contributed by atoms with van der Waals surface area (Å²) in [5, 5.41) is 2.21. The molecule has 0 aliphatic carbocycles. The number of nitrogens with zero attached hydrogens (tertiary/aromatic N) is 1. The highest BCUT2D eigenvalue weighted by Gasteiger charge is 2.36. The smallest absolute Gasteiger partial charge is 0.294 e. The van der Waals surface area contributed by atoms with Crippen molar-refractivity contribution in [2.75, 3.05) is 11.9 Å². The van der Waals surface area contributed by atoms with Crippen LogP contribution in [0.25, 0.3) is 6.08 Å². The zero-order valence-electron chi connectivity index (χ0n) is 15.5. The molecule has 3 amide bonds. The summed E-state index contributed by atoms with van der Waals surface area (Å²) >= 11 is 0.827. The first kappa shape index (κ1) is 19.7. The highest BCUT2D eigenvalue weighted by atomic mass is 32.2. The average Bonchev–Trinajstić information content (AvgIpc) is 2.91. The van der Waals surface area contributed by atoms with Crippen molar-refractivity contribution in [3.05, 3.63) is 65.1 Å². The molecule has 1 fully saturated rings. The van der Waals surface area contributed by atoms with E-state index in [1.165, 1.54) is 0 Å². The summed E-state index contributed by atoms with van der Waals surface area (Å²) in [5.41, 5.74) is 1.38. The van der Waals surface area contributed by atoms with Crippen LogP contribution in [0.1, 0.15) is 19.4 Å². The maximum Gasteiger partial charge on any atom is 0.294 e. The maximum atomic E-state index is 12.5. The third-order valence-electron chi connectivity index (χ3n) is 3.78. The van der Waals surface area contributed by atoms with Crippen molar-refractivity contribution in [2.24, 2.45) is 0 Å². The zero-order valence-corrected chi connectivity index (χ0v) is 16.4. The van der Waals surface area contributed by atoms with Crippen molar-refractivity contribution in [2.45, 2.75) is 20.0 Å². The molecule has 2 aromatic rings. The minimum atomic E-state index is -0.472. The standard InChI is InChI=1S/C21H20N2O4S/c1-14(2)27-17-10-8-15(9-11-17)12-18-20(25)23(21(26)28-18)13-19(24)22-16-6-4-3-5-7-16/h3-12,14H,13H2,1-2H3,(H,22,24)/b18-12+. The lowest BCUT2D eigenvalue weighted by molar-refractivity contribution is -0.127. The number of thioether (sulfide) groups is 1. The van der Waals surface area contributed by atoms with Crippen molar-refractivity contribution < 1.29 is 19.1 Å². The van der Waals surface area contributed by atoms with E-state index in [0.29, 0.717) is 5.69 Å². The SMILES string of the molecule is CC(C)Oc1ccc(/C=C2/SC(=O)N(CC(=O)Nc3ccccc3)C2=O)cc1. The molecule has 2 aromatic carbocycles. The van der Waals surface area contributed by atoms with Crippen LogP contribution in [0.3, 0.4) is 0 Å². The van der Waals surface area contributed by atoms with Gasteiger partial charge in [0.1, 0.15) is 12.3 Å². The van der Waals surface area contributed by atoms with E-state index in [4.69, 9.17) is 4.74 Å². The van der Waals surface area contributed by atoms with Crippen molar-refractivity contribution >= 4 is 40.6 Å². The Kier molecular flexibility index (Phi) is 6.16. The molecule has 0 aromatic heterocycles. The number of hydrogen-bond acceptors (Lipinski definition) is 5. The maximum absolute atomic E-state index is 12.5. The molecule has 0 unspecified atom stereocenters. The van der Waals surface area contributed by atoms with E-state index in [9.17, 15) is 14.4 Å². The third-order valence-corrected chi connectivity index (χ3v) is 4.69. The summed E-state index contributed by atoms with van der Waals surface area (Å²) < 4.78 is 5.59. The Morgan fingerprint density at radius 1 is 1.11 bits per heavy atom. The first-order valence-electron chi connectivity index (χ1n) is 8.79. The number of anilines is 1. The number of nitrogens with one attached hydrogen (secondary N) is 1. The summed E-state index contributed by atoms with van der Waals surface area (Å²) in [6.07, 6.45) is 1.71. The van der Waals surface area contributed by atoms with Crippen molar-refractivity contribution in [3.8, 4) is 5.75 Å². The highest BCUT2D eigenvalue weighted by Crippen LogP contribution is 2.32. The molecule has 28 heavy (non-hydrogen) atoms. The van der Waals surface area contributed by atoms with Crippen molar-refractivity contribution in [3.63, 3.8) is 0 Å². The molecule has 0 atom stereocenters. The minimum absolute atomic E-state index is 0.0735. The Hall–Kier alpha value is -3.06.